The summed E-state index contributed by atoms with van der Waals surface area (Å²) >= 11 is 6.07. The summed E-state index contributed by atoms with van der Waals surface area (Å²) in [6, 6.07) is 20.8. The monoisotopic (exact) mass is 559 g/mol. The minimum atomic E-state index is -0.939. The van der Waals surface area contributed by atoms with E-state index in [1.807, 2.05) is 91.2 Å². The SMILES string of the molecule is O=C(O)CCCc1cn(CC(=O)O)c2c(C=Cc3ccc(OC/C=C/COc4ccccc4Cl)cc3)cccc12. The van der Waals surface area contributed by atoms with Crippen molar-refractivity contribution in [3.8, 4) is 11.5 Å². The minimum absolute atomic E-state index is 0.0686. The number of fused-ring (bicyclic) bond motifs is 1. The molecule has 0 aliphatic heterocycles. The molecule has 2 N–H and O–H groups in total. The summed E-state index contributed by atoms with van der Waals surface area (Å²) in [7, 11) is 0. The normalized spacial score (nSPS) is 11.4. The van der Waals surface area contributed by atoms with Crippen molar-refractivity contribution in [2.45, 2.75) is 25.8 Å². The number of aliphatic carboxylic acids is 2. The van der Waals surface area contributed by atoms with Gasteiger partial charge in [-0.2, -0.15) is 0 Å². The lowest BCUT2D eigenvalue weighted by atomic mass is 10.0. The van der Waals surface area contributed by atoms with Crippen LogP contribution in [0.25, 0.3) is 23.1 Å². The molecule has 0 saturated heterocycles. The first-order chi connectivity index (χ1) is 19.4. The fraction of sp³-hybridized carbons (Fsp3) is 0.188. The maximum Gasteiger partial charge on any atom is 0.323 e. The van der Waals surface area contributed by atoms with E-state index in [1.54, 1.807) is 10.6 Å². The summed E-state index contributed by atoms with van der Waals surface area (Å²) < 4.78 is 13.1. The summed E-state index contributed by atoms with van der Waals surface area (Å²) in [6.45, 7) is 0.620. The van der Waals surface area contributed by atoms with Crippen molar-refractivity contribution >= 4 is 46.6 Å². The lowest BCUT2D eigenvalue weighted by molar-refractivity contribution is -0.138. The number of aromatic nitrogens is 1. The van der Waals surface area contributed by atoms with Gasteiger partial charge in [0, 0.05) is 18.0 Å². The second kappa shape index (κ2) is 14.1. The topological polar surface area (TPSA) is 98.0 Å². The molecule has 8 heteroatoms. The number of halogens is 1. The zero-order valence-electron chi connectivity index (χ0n) is 21.8. The Morgan fingerprint density at radius 3 is 2.33 bits per heavy atom. The first-order valence-corrected chi connectivity index (χ1v) is 13.3. The number of carbonyl (C=O) groups is 2. The Labute approximate surface area is 237 Å². The number of aryl methyl sites for hydroxylation is 1. The molecule has 1 heterocycles. The summed E-state index contributed by atoms with van der Waals surface area (Å²) in [5, 5.41) is 19.9. The van der Waals surface area contributed by atoms with Crippen LogP contribution < -0.4 is 9.47 Å². The Kier molecular flexibility index (Phi) is 10.0. The van der Waals surface area contributed by atoms with E-state index in [0.717, 1.165) is 33.3 Å². The Morgan fingerprint density at radius 2 is 1.60 bits per heavy atom. The lowest BCUT2D eigenvalue weighted by Crippen LogP contribution is -2.07. The Hall–Kier alpha value is -4.49. The molecule has 7 nitrogen and oxygen atoms in total. The van der Waals surface area contributed by atoms with Gasteiger partial charge in [-0.15, -0.1) is 0 Å². The standard InChI is InChI=1S/C32H30ClNO6/c33-28-10-1-2-11-29(28)40-20-4-3-19-39-26-17-14-23(15-18-26)13-16-24-7-5-9-27-25(8-6-12-30(35)36)21-34(32(24)27)22-31(37)38/h1-5,7,9-11,13-18,21H,6,8,12,19-20,22H2,(H,35,36)(H,37,38)/b4-3+,16-13?. The van der Waals surface area contributed by atoms with Crippen molar-refractivity contribution in [1.29, 1.82) is 0 Å². The average molecular weight is 560 g/mol. The van der Waals surface area contributed by atoms with E-state index in [9.17, 15) is 14.7 Å². The summed E-state index contributed by atoms with van der Waals surface area (Å²) in [5.41, 5.74) is 3.61. The van der Waals surface area contributed by atoms with Crippen LogP contribution in [0.5, 0.6) is 11.5 Å². The highest BCUT2D eigenvalue weighted by Gasteiger charge is 2.13. The van der Waals surface area contributed by atoms with Crippen molar-refractivity contribution in [2.24, 2.45) is 0 Å². The smallest absolute Gasteiger partial charge is 0.323 e. The maximum absolute atomic E-state index is 11.5. The highest BCUT2D eigenvalue weighted by molar-refractivity contribution is 6.32. The van der Waals surface area contributed by atoms with Crippen LogP contribution in [0.2, 0.25) is 5.02 Å². The van der Waals surface area contributed by atoms with Crippen LogP contribution in [0.15, 0.2) is 85.1 Å². The quantitative estimate of drug-likeness (QED) is 0.128. The van der Waals surface area contributed by atoms with Gasteiger partial charge < -0.3 is 24.3 Å². The van der Waals surface area contributed by atoms with Crippen LogP contribution in [0.1, 0.15) is 29.5 Å². The van der Waals surface area contributed by atoms with Gasteiger partial charge in [-0.05, 0) is 65.9 Å². The number of hydrogen-bond donors (Lipinski definition) is 2. The predicted molar refractivity (Wildman–Crippen MR) is 157 cm³/mol. The maximum atomic E-state index is 11.5. The van der Waals surface area contributed by atoms with Crippen molar-refractivity contribution in [1.82, 2.24) is 4.57 Å². The Balaban J connectivity index is 1.38. The zero-order chi connectivity index (χ0) is 28.3. The molecule has 0 atom stereocenters. The first kappa shape index (κ1) is 28.5. The number of hydrogen-bond acceptors (Lipinski definition) is 4. The van der Waals surface area contributed by atoms with Gasteiger partial charge in [0.15, 0.2) is 0 Å². The number of para-hydroxylation sites is 2. The third-order valence-electron chi connectivity index (χ3n) is 6.17. The average Bonchev–Trinajstić information content (AvgIpc) is 3.28. The molecular weight excluding hydrogens is 530 g/mol. The van der Waals surface area contributed by atoms with Crippen molar-refractivity contribution in [3.05, 3.63) is 107 Å². The van der Waals surface area contributed by atoms with Crippen molar-refractivity contribution < 1.29 is 29.3 Å². The molecule has 0 amide bonds. The van der Waals surface area contributed by atoms with E-state index in [0.29, 0.717) is 36.8 Å². The van der Waals surface area contributed by atoms with E-state index >= 15 is 0 Å². The number of rotatable bonds is 14. The van der Waals surface area contributed by atoms with E-state index in [2.05, 4.69) is 0 Å². The third-order valence-corrected chi connectivity index (χ3v) is 6.49. The molecule has 4 aromatic rings. The second-order valence-corrected chi connectivity index (χ2v) is 9.50. The van der Waals surface area contributed by atoms with Gasteiger partial charge >= 0.3 is 11.9 Å². The molecule has 0 aliphatic rings. The first-order valence-electron chi connectivity index (χ1n) is 12.9. The number of benzene rings is 3. The van der Waals surface area contributed by atoms with Gasteiger partial charge in [-0.1, -0.05) is 66.2 Å². The van der Waals surface area contributed by atoms with Crippen LogP contribution in [0, 0.1) is 0 Å². The van der Waals surface area contributed by atoms with Crippen LogP contribution in [0.4, 0.5) is 0 Å². The number of carboxylic acids is 2. The molecule has 1 aromatic heterocycles. The molecule has 0 saturated carbocycles. The lowest BCUT2D eigenvalue weighted by Gasteiger charge is -2.06. The fourth-order valence-corrected chi connectivity index (χ4v) is 4.53. The van der Waals surface area contributed by atoms with Gasteiger partial charge in [-0.25, -0.2) is 0 Å². The van der Waals surface area contributed by atoms with Crippen LogP contribution in [0.3, 0.4) is 0 Å². The molecule has 3 aromatic carbocycles. The molecule has 206 valence electrons. The van der Waals surface area contributed by atoms with Gasteiger partial charge in [0.05, 0.1) is 10.5 Å². The molecule has 0 unspecified atom stereocenters. The number of carboxylic acid groups (broad SMARTS) is 2. The zero-order valence-corrected chi connectivity index (χ0v) is 22.6. The van der Waals surface area contributed by atoms with Gasteiger partial charge in [-0.3, -0.25) is 9.59 Å². The highest BCUT2D eigenvalue weighted by atomic mass is 35.5. The summed E-state index contributed by atoms with van der Waals surface area (Å²) in [6.07, 6.45) is 10.6. The van der Waals surface area contributed by atoms with Crippen molar-refractivity contribution in [2.75, 3.05) is 13.2 Å². The van der Waals surface area contributed by atoms with Gasteiger partial charge in [0.2, 0.25) is 0 Å². The predicted octanol–water partition coefficient (Wildman–Crippen LogP) is 6.97. The highest BCUT2D eigenvalue weighted by Crippen LogP contribution is 2.28. The van der Waals surface area contributed by atoms with Gasteiger partial charge in [0.25, 0.3) is 0 Å². The van der Waals surface area contributed by atoms with E-state index in [-0.39, 0.29) is 13.0 Å². The van der Waals surface area contributed by atoms with E-state index in [1.165, 1.54) is 0 Å². The number of nitrogens with zero attached hydrogens (tertiary/aromatic N) is 1. The van der Waals surface area contributed by atoms with E-state index in [4.69, 9.17) is 26.2 Å². The van der Waals surface area contributed by atoms with Crippen molar-refractivity contribution in [3.63, 3.8) is 0 Å². The minimum Gasteiger partial charge on any atom is -0.490 e. The number of ether oxygens (including phenoxy) is 2. The molecular formula is C32H30ClNO6. The molecule has 0 spiro atoms. The summed E-state index contributed by atoms with van der Waals surface area (Å²) in [4.78, 5) is 22.4. The third kappa shape index (κ3) is 8.01. The molecule has 0 radical (unpaired) electrons. The van der Waals surface area contributed by atoms with Gasteiger partial charge in [0.1, 0.15) is 31.3 Å². The molecule has 40 heavy (non-hydrogen) atoms. The fourth-order valence-electron chi connectivity index (χ4n) is 4.34. The van der Waals surface area contributed by atoms with E-state index < -0.39 is 11.9 Å². The van der Waals surface area contributed by atoms with Crippen LogP contribution in [-0.4, -0.2) is 39.9 Å². The Bertz CT molecular complexity index is 1520. The molecule has 0 aliphatic carbocycles. The molecule has 4 rings (SSSR count). The largest absolute Gasteiger partial charge is 0.490 e. The molecule has 0 bridgehead atoms. The Morgan fingerprint density at radius 1 is 0.850 bits per heavy atom. The second-order valence-electron chi connectivity index (χ2n) is 9.09. The molecule has 0 fully saturated rings. The van der Waals surface area contributed by atoms with Crippen LogP contribution >= 0.6 is 11.6 Å². The summed E-state index contributed by atoms with van der Waals surface area (Å²) in [5.74, 6) is -0.408. The van der Waals surface area contributed by atoms with Crippen LogP contribution in [-0.2, 0) is 22.6 Å².